The van der Waals surface area contributed by atoms with Crippen molar-refractivity contribution in [2.24, 2.45) is 0 Å². The van der Waals surface area contributed by atoms with Gasteiger partial charge in [0.05, 0.1) is 20.7 Å². The zero-order chi connectivity index (χ0) is 27.6. The molecule has 1 atom stereocenters. The molecular formula is C26H21N5O5S3. The molecule has 13 heteroatoms. The largest absolute Gasteiger partial charge is 0.449 e. The minimum atomic E-state index is -3.87. The Kier molecular flexibility index (Phi) is 7.37. The molecule has 198 valence electrons. The topological polar surface area (TPSA) is 140 Å². The zero-order valence-electron chi connectivity index (χ0n) is 20.6. The molecular weight excluding hydrogens is 559 g/mol. The second kappa shape index (κ2) is 10.9. The third-order valence-electron chi connectivity index (χ3n) is 5.50. The van der Waals surface area contributed by atoms with Gasteiger partial charge in [-0.05, 0) is 56.3 Å². The molecule has 0 aliphatic rings. The number of carbonyl (C=O) groups is 2. The van der Waals surface area contributed by atoms with Gasteiger partial charge in [0.1, 0.15) is 10.0 Å². The highest BCUT2D eigenvalue weighted by Crippen LogP contribution is 2.32. The number of esters is 1. The van der Waals surface area contributed by atoms with Crippen LogP contribution in [0.3, 0.4) is 0 Å². The predicted molar refractivity (Wildman–Crippen MR) is 150 cm³/mol. The molecule has 0 aliphatic carbocycles. The Bertz CT molecular complexity index is 1750. The van der Waals surface area contributed by atoms with E-state index in [4.69, 9.17) is 4.74 Å². The first-order chi connectivity index (χ1) is 18.7. The molecule has 0 saturated carbocycles. The van der Waals surface area contributed by atoms with E-state index in [2.05, 4.69) is 25.2 Å². The van der Waals surface area contributed by atoms with Gasteiger partial charge >= 0.3 is 5.97 Å². The first-order valence-electron chi connectivity index (χ1n) is 11.6. The standard InChI is InChI=1S/C26H21N5O5S3/c1-15(23(32)27-17-11-13-18(14-12-17)39(34,35)31-26-30-29-16(2)37-26)36-25(33)20-8-4-3-7-19(20)24-28-21-9-5-6-10-22(21)38-24/h3-15H,1-2H3,(H,27,32)(H,30,31). The van der Waals surface area contributed by atoms with E-state index in [0.29, 0.717) is 26.8 Å². The lowest BCUT2D eigenvalue weighted by molar-refractivity contribution is -0.123. The van der Waals surface area contributed by atoms with Gasteiger partial charge in [0, 0.05) is 11.3 Å². The molecule has 0 spiro atoms. The van der Waals surface area contributed by atoms with E-state index < -0.39 is 28.0 Å². The highest BCUT2D eigenvalue weighted by Gasteiger charge is 2.23. The SMILES string of the molecule is Cc1nnc(NS(=O)(=O)c2ccc(NC(=O)C(C)OC(=O)c3ccccc3-c3nc4ccccc4s3)cc2)s1. The number of para-hydroxylation sites is 1. The number of hydrogen-bond donors (Lipinski definition) is 2. The number of amides is 1. The van der Waals surface area contributed by atoms with Gasteiger partial charge in [0.15, 0.2) is 6.10 Å². The van der Waals surface area contributed by atoms with Crippen LogP contribution in [0.4, 0.5) is 10.8 Å². The highest BCUT2D eigenvalue weighted by molar-refractivity contribution is 7.93. The van der Waals surface area contributed by atoms with E-state index in [1.807, 2.05) is 30.3 Å². The van der Waals surface area contributed by atoms with E-state index in [1.54, 1.807) is 25.1 Å². The molecule has 3 aromatic carbocycles. The summed E-state index contributed by atoms with van der Waals surface area (Å²) in [6.07, 6.45) is -1.12. The number of sulfonamides is 1. The second-order valence-electron chi connectivity index (χ2n) is 8.33. The van der Waals surface area contributed by atoms with E-state index in [0.717, 1.165) is 21.6 Å². The zero-order valence-corrected chi connectivity index (χ0v) is 23.1. The summed E-state index contributed by atoms with van der Waals surface area (Å²) in [7, 11) is -3.87. The summed E-state index contributed by atoms with van der Waals surface area (Å²) in [4.78, 5) is 30.4. The number of thiazole rings is 1. The van der Waals surface area contributed by atoms with Crippen molar-refractivity contribution in [1.29, 1.82) is 0 Å². The fourth-order valence-corrected chi connectivity index (χ4v) is 6.41. The van der Waals surface area contributed by atoms with Crippen molar-refractivity contribution in [2.45, 2.75) is 24.8 Å². The van der Waals surface area contributed by atoms with Crippen LogP contribution in [0, 0.1) is 6.92 Å². The molecule has 0 bridgehead atoms. The third kappa shape index (κ3) is 5.95. The number of nitrogens with one attached hydrogen (secondary N) is 2. The van der Waals surface area contributed by atoms with Crippen molar-refractivity contribution < 1.29 is 22.7 Å². The lowest BCUT2D eigenvalue weighted by Crippen LogP contribution is -2.30. The first-order valence-corrected chi connectivity index (χ1v) is 14.7. The third-order valence-corrected chi connectivity index (χ3v) is 8.81. The maximum absolute atomic E-state index is 13.0. The van der Waals surface area contributed by atoms with Gasteiger partial charge in [-0.25, -0.2) is 18.2 Å². The average Bonchev–Trinajstić information content (AvgIpc) is 3.54. The van der Waals surface area contributed by atoms with Gasteiger partial charge in [-0.2, -0.15) is 0 Å². The van der Waals surface area contributed by atoms with Gasteiger partial charge in [-0.15, -0.1) is 21.5 Å². The Labute approximate surface area is 231 Å². The summed E-state index contributed by atoms with van der Waals surface area (Å²) in [6, 6.07) is 20.2. The van der Waals surface area contributed by atoms with Crippen LogP contribution >= 0.6 is 22.7 Å². The van der Waals surface area contributed by atoms with Gasteiger partial charge < -0.3 is 10.1 Å². The summed E-state index contributed by atoms with van der Waals surface area (Å²) in [5.41, 5.74) is 2.08. The smallest absolute Gasteiger partial charge is 0.339 e. The van der Waals surface area contributed by atoms with Crippen LogP contribution in [0.25, 0.3) is 20.8 Å². The van der Waals surface area contributed by atoms with E-state index in [1.165, 1.54) is 42.5 Å². The van der Waals surface area contributed by atoms with Gasteiger partial charge in [0.2, 0.25) is 5.13 Å². The molecule has 2 N–H and O–H groups in total. The number of nitrogens with zero attached hydrogens (tertiary/aromatic N) is 3. The minimum absolute atomic E-state index is 0.0146. The number of anilines is 2. The van der Waals surface area contributed by atoms with E-state index >= 15 is 0 Å². The van der Waals surface area contributed by atoms with Crippen LogP contribution < -0.4 is 10.0 Å². The molecule has 0 fully saturated rings. The first kappa shape index (κ1) is 26.4. The van der Waals surface area contributed by atoms with Crippen molar-refractivity contribution in [2.75, 3.05) is 10.0 Å². The number of rotatable bonds is 8. The van der Waals surface area contributed by atoms with Crippen LogP contribution in [-0.4, -0.2) is 41.6 Å². The van der Waals surface area contributed by atoms with Crippen molar-refractivity contribution in [3.05, 3.63) is 83.4 Å². The van der Waals surface area contributed by atoms with Gasteiger partial charge in [-0.3, -0.25) is 9.52 Å². The van der Waals surface area contributed by atoms with Crippen molar-refractivity contribution in [3.63, 3.8) is 0 Å². The normalized spacial score (nSPS) is 12.2. The molecule has 0 aliphatic heterocycles. The molecule has 0 radical (unpaired) electrons. The molecule has 0 saturated heterocycles. The Morgan fingerprint density at radius 1 is 0.923 bits per heavy atom. The van der Waals surface area contributed by atoms with Crippen molar-refractivity contribution in [3.8, 4) is 10.6 Å². The number of fused-ring (bicyclic) bond motifs is 1. The number of ether oxygens (including phenoxy) is 1. The number of carbonyl (C=O) groups excluding carboxylic acids is 2. The van der Waals surface area contributed by atoms with Crippen LogP contribution in [0.5, 0.6) is 0 Å². The Balaban J connectivity index is 1.24. The molecule has 1 unspecified atom stereocenters. The lowest BCUT2D eigenvalue weighted by Gasteiger charge is -2.15. The van der Waals surface area contributed by atoms with Gasteiger partial charge in [0.25, 0.3) is 15.9 Å². The Hall–Kier alpha value is -4.20. The molecule has 2 heterocycles. The van der Waals surface area contributed by atoms with Gasteiger partial charge in [-0.1, -0.05) is 41.7 Å². The molecule has 1 amide bonds. The van der Waals surface area contributed by atoms with Crippen molar-refractivity contribution >= 4 is 65.6 Å². The Morgan fingerprint density at radius 3 is 2.36 bits per heavy atom. The summed E-state index contributed by atoms with van der Waals surface area (Å²) >= 11 is 2.58. The number of aromatic nitrogens is 3. The number of aryl methyl sites for hydroxylation is 1. The van der Waals surface area contributed by atoms with Crippen LogP contribution in [0.1, 0.15) is 22.3 Å². The lowest BCUT2D eigenvalue weighted by atomic mass is 10.1. The maximum atomic E-state index is 13.0. The summed E-state index contributed by atoms with van der Waals surface area (Å²) in [5, 5.41) is 11.6. The van der Waals surface area contributed by atoms with Crippen LogP contribution in [0.2, 0.25) is 0 Å². The number of hydrogen-bond acceptors (Lipinski definition) is 10. The maximum Gasteiger partial charge on any atom is 0.339 e. The van der Waals surface area contributed by atoms with E-state index in [9.17, 15) is 18.0 Å². The summed E-state index contributed by atoms with van der Waals surface area (Å²) < 4.78 is 34.0. The van der Waals surface area contributed by atoms with Crippen molar-refractivity contribution in [1.82, 2.24) is 15.2 Å². The molecule has 39 heavy (non-hydrogen) atoms. The molecule has 10 nitrogen and oxygen atoms in total. The van der Waals surface area contributed by atoms with Crippen LogP contribution in [0.15, 0.2) is 77.7 Å². The summed E-state index contributed by atoms with van der Waals surface area (Å²) in [5.74, 6) is -1.23. The molecule has 5 rings (SSSR count). The molecule has 2 aromatic heterocycles. The fourth-order valence-electron chi connectivity index (χ4n) is 3.59. The monoisotopic (exact) mass is 579 g/mol. The highest BCUT2D eigenvalue weighted by atomic mass is 32.2. The second-order valence-corrected chi connectivity index (χ2v) is 12.2. The quantitative estimate of drug-likeness (QED) is 0.242. The Morgan fingerprint density at radius 2 is 1.64 bits per heavy atom. The van der Waals surface area contributed by atoms with E-state index in [-0.39, 0.29) is 10.0 Å². The molecule has 5 aromatic rings. The fraction of sp³-hybridized carbons (Fsp3) is 0.115. The minimum Gasteiger partial charge on any atom is -0.449 e. The van der Waals surface area contributed by atoms with Crippen LogP contribution in [-0.2, 0) is 19.6 Å². The predicted octanol–water partition coefficient (Wildman–Crippen LogP) is 5.11. The summed E-state index contributed by atoms with van der Waals surface area (Å²) in [6.45, 7) is 3.17. The average molecular weight is 580 g/mol. The number of benzene rings is 3.